The summed E-state index contributed by atoms with van der Waals surface area (Å²) in [6.07, 6.45) is 11.8. The van der Waals surface area contributed by atoms with Crippen LogP contribution in [0.3, 0.4) is 0 Å². The van der Waals surface area contributed by atoms with Crippen LogP contribution < -0.4 is 21.1 Å². The second-order valence-electron chi connectivity index (χ2n) is 11.1. The van der Waals surface area contributed by atoms with Gasteiger partial charge in [0.25, 0.3) is 0 Å². The molecule has 0 atom stereocenters. The number of fused-ring (bicyclic) bond motifs is 1. The molecule has 0 amide bonds. The number of hydrogen-bond acceptors (Lipinski definition) is 5. The van der Waals surface area contributed by atoms with Crippen molar-refractivity contribution in [1.82, 2.24) is 14.9 Å². The average Bonchev–Trinajstić information content (AvgIpc) is 3.42. The Balaban J connectivity index is 1.48. The van der Waals surface area contributed by atoms with Gasteiger partial charge in [0.15, 0.2) is 0 Å². The summed E-state index contributed by atoms with van der Waals surface area (Å²) in [4.78, 5) is 4.52. The first-order valence-corrected chi connectivity index (χ1v) is 15.2. The van der Waals surface area contributed by atoms with Crippen molar-refractivity contribution >= 4 is 34.3 Å². The summed E-state index contributed by atoms with van der Waals surface area (Å²) in [6, 6.07) is 13.1. The van der Waals surface area contributed by atoms with Crippen LogP contribution in [0.15, 0.2) is 59.9 Å². The van der Waals surface area contributed by atoms with Gasteiger partial charge in [0.1, 0.15) is 17.4 Å². The molecule has 1 aliphatic rings. The first kappa shape index (κ1) is 29.9. The highest BCUT2D eigenvalue weighted by atomic mass is 35.5. The zero-order valence-corrected chi connectivity index (χ0v) is 25.3. The third kappa shape index (κ3) is 6.88. The Morgan fingerprint density at radius 2 is 1.90 bits per heavy atom. The van der Waals surface area contributed by atoms with Crippen molar-refractivity contribution in [2.75, 3.05) is 19.0 Å². The van der Waals surface area contributed by atoms with E-state index < -0.39 is 5.82 Å². The highest BCUT2D eigenvalue weighted by molar-refractivity contribution is 6.33. The first-order valence-electron chi connectivity index (χ1n) is 14.8. The fourth-order valence-electron chi connectivity index (χ4n) is 5.73. The third-order valence-corrected chi connectivity index (χ3v) is 8.42. The van der Waals surface area contributed by atoms with Crippen LogP contribution in [0, 0.1) is 12.7 Å². The van der Waals surface area contributed by atoms with Crippen LogP contribution in [0.2, 0.25) is 5.02 Å². The Hall–Kier alpha value is -3.62. The van der Waals surface area contributed by atoms with Gasteiger partial charge in [-0.25, -0.2) is 13.9 Å². The van der Waals surface area contributed by atoms with Crippen LogP contribution in [-0.4, -0.2) is 41.2 Å². The van der Waals surface area contributed by atoms with E-state index in [1.165, 1.54) is 37.5 Å². The molecule has 4 N–H and O–H groups in total. The summed E-state index contributed by atoms with van der Waals surface area (Å²) in [5.74, 6) is 0.608. The number of ether oxygens (including phenoxy) is 1. The molecule has 0 radical (unpaired) electrons. The predicted molar refractivity (Wildman–Crippen MR) is 171 cm³/mol. The number of anilines is 1. The van der Waals surface area contributed by atoms with Gasteiger partial charge < -0.3 is 21.1 Å². The minimum atomic E-state index is -0.427. The van der Waals surface area contributed by atoms with Crippen molar-refractivity contribution in [1.29, 1.82) is 0 Å². The number of aryl methyl sites for hydroxylation is 1. The summed E-state index contributed by atoms with van der Waals surface area (Å²) in [6.45, 7) is 5.39. The van der Waals surface area contributed by atoms with E-state index in [2.05, 4.69) is 46.7 Å². The summed E-state index contributed by atoms with van der Waals surface area (Å²) in [5.41, 5.74) is 12.5. The molecule has 1 fully saturated rings. The van der Waals surface area contributed by atoms with Gasteiger partial charge in [-0.1, -0.05) is 37.4 Å². The van der Waals surface area contributed by atoms with Crippen molar-refractivity contribution in [3.05, 3.63) is 76.8 Å². The Bertz CT molecular complexity index is 1560. The second-order valence-corrected chi connectivity index (χ2v) is 11.5. The standard InChI is InChI=1S/C33H40ClFN6O/c1-4-5-6-15-37-24-8-10-25(11-9-24)39-32-28(33(36)40-30-18-23(35)7-14-29(30)34)19-38-41-20-22(17-31(32)41)27-13-12-26(42-3)16-21(27)2/h7,12-14,16-20,24-25,37,39H,4-6,8-11,15H2,1-3H3,(H2,36,40). The van der Waals surface area contributed by atoms with Crippen molar-refractivity contribution in [2.45, 2.75) is 70.9 Å². The molecular formula is C33H40ClFN6O. The van der Waals surface area contributed by atoms with E-state index in [-0.39, 0.29) is 17.6 Å². The van der Waals surface area contributed by atoms with E-state index in [1.54, 1.807) is 13.3 Å². The van der Waals surface area contributed by atoms with E-state index in [1.807, 2.05) is 22.8 Å². The normalized spacial score (nSPS) is 17.5. The molecular weight excluding hydrogens is 551 g/mol. The molecule has 1 aliphatic carbocycles. The number of aliphatic imine (C=N–C) groups is 1. The van der Waals surface area contributed by atoms with E-state index in [9.17, 15) is 4.39 Å². The Labute approximate surface area is 252 Å². The molecule has 0 aliphatic heterocycles. The van der Waals surface area contributed by atoms with Crippen LogP contribution in [0.1, 0.15) is 63.0 Å². The SMILES string of the molecule is CCCCCNC1CCC(Nc2c(C(N)=Nc3cc(F)ccc3Cl)cnn3cc(-c4ccc(OC)cc4C)cc23)CC1. The van der Waals surface area contributed by atoms with Gasteiger partial charge in [0.2, 0.25) is 0 Å². The zero-order valence-electron chi connectivity index (χ0n) is 24.6. The maximum Gasteiger partial charge on any atom is 0.135 e. The highest BCUT2D eigenvalue weighted by Gasteiger charge is 2.24. The van der Waals surface area contributed by atoms with Gasteiger partial charge in [-0.3, -0.25) is 0 Å². The average molecular weight is 591 g/mol. The number of hydrogen-bond donors (Lipinski definition) is 3. The molecule has 0 spiro atoms. The summed E-state index contributed by atoms with van der Waals surface area (Å²) < 4.78 is 21.3. The zero-order chi connectivity index (χ0) is 29.6. The lowest BCUT2D eigenvalue weighted by molar-refractivity contribution is 0.352. The molecule has 4 aromatic rings. The van der Waals surface area contributed by atoms with Gasteiger partial charge in [-0.15, -0.1) is 0 Å². The minimum absolute atomic E-state index is 0.217. The summed E-state index contributed by atoms with van der Waals surface area (Å²) >= 11 is 6.31. The molecule has 7 nitrogen and oxygen atoms in total. The molecule has 2 aromatic carbocycles. The largest absolute Gasteiger partial charge is 0.497 e. The highest BCUT2D eigenvalue weighted by Crippen LogP contribution is 2.34. The minimum Gasteiger partial charge on any atom is -0.497 e. The molecule has 0 unspecified atom stereocenters. The topological polar surface area (TPSA) is 89.0 Å². The molecule has 2 aromatic heterocycles. The smallest absolute Gasteiger partial charge is 0.135 e. The van der Waals surface area contributed by atoms with Crippen molar-refractivity contribution in [3.8, 4) is 16.9 Å². The van der Waals surface area contributed by atoms with E-state index >= 15 is 0 Å². The number of methoxy groups -OCH3 is 1. The number of benzene rings is 2. The lowest BCUT2D eigenvalue weighted by atomic mass is 9.90. The number of nitrogens with two attached hydrogens (primary N) is 1. The van der Waals surface area contributed by atoms with Gasteiger partial charge in [-0.2, -0.15) is 5.10 Å². The lowest BCUT2D eigenvalue weighted by Gasteiger charge is -2.31. The van der Waals surface area contributed by atoms with Crippen LogP contribution in [0.4, 0.5) is 15.8 Å². The number of unbranched alkanes of at least 4 members (excludes halogenated alkanes) is 2. The van der Waals surface area contributed by atoms with Crippen molar-refractivity contribution in [2.24, 2.45) is 10.7 Å². The second kappa shape index (κ2) is 13.6. The van der Waals surface area contributed by atoms with Gasteiger partial charge >= 0.3 is 0 Å². The van der Waals surface area contributed by atoms with Crippen LogP contribution in [0.25, 0.3) is 16.6 Å². The summed E-state index contributed by atoms with van der Waals surface area (Å²) in [7, 11) is 1.67. The van der Waals surface area contributed by atoms with Crippen LogP contribution in [-0.2, 0) is 0 Å². The molecule has 42 heavy (non-hydrogen) atoms. The molecule has 9 heteroatoms. The number of nitrogens with one attached hydrogen (secondary N) is 2. The third-order valence-electron chi connectivity index (χ3n) is 8.10. The molecule has 0 saturated heterocycles. The van der Waals surface area contributed by atoms with Crippen LogP contribution >= 0.6 is 11.6 Å². The number of amidine groups is 1. The maximum atomic E-state index is 14.0. The number of nitrogens with zero attached hydrogens (tertiary/aromatic N) is 3. The van der Waals surface area contributed by atoms with Gasteiger partial charge in [0.05, 0.1) is 40.8 Å². The Morgan fingerprint density at radius 1 is 1.12 bits per heavy atom. The van der Waals surface area contributed by atoms with Gasteiger partial charge in [-0.05, 0) is 87.0 Å². The molecule has 2 heterocycles. The molecule has 5 rings (SSSR count). The van der Waals surface area contributed by atoms with Crippen LogP contribution in [0.5, 0.6) is 5.75 Å². The maximum absolute atomic E-state index is 14.0. The lowest BCUT2D eigenvalue weighted by Crippen LogP contribution is -2.37. The van der Waals surface area contributed by atoms with E-state index in [0.29, 0.717) is 16.6 Å². The molecule has 222 valence electrons. The van der Waals surface area contributed by atoms with Crippen molar-refractivity contribution < 1.29 is 9.13 Å². The predicted octanol–water partition coefficient (Wildman–Crippen LogP) is 7.65. The van der Waals surface area contributed by atoms with E-state index in [0.717, 1.165) is 65.9 Å². The summed E-state index contributed by atoms with van der Waals surface area (Å²) in [5, 5.41) is 12.6. The number of halogens is 2. The Morgan fingerprint density at radius 3 is 2.64 bits per heavy atom. The fraction of sp³-hybridized carbons (Fsp3) is 0.394. The number of rotatable bonds is 11. The molecule has 1 saturated carbocycles. The Kier molecular flexibility index (Phi) is 9.65. The van der Waals surface area contributed by atoms with E-state index in [4.69, 9.17) is 22.1 Å². The first-order chi connectivity index (χ1) is 20.4. The van der Waals surface area contributed by atoms with Gasteiger partial charge in [0, 0.05) is 29.9 Å². The monoisotopic (exact) mass is 590 g/mol. The molecule has 0 bridgehead atoms. The fourth-order valence-corrected chi connectivity index (χ4v) is 5.89. The quantitative estimate of drug-likeness (QED) is 0.0948. The number of aromatic nitrogens is 2. The van der Waals surface area contributed by atoms with Crippen molar-refractivity contribution in [3.63, 3.8) is 0 Å².